The highest BCUT2D eigenvalue weighted by Crippen LogP contribution is 2.39. The highest BCUT2D eigenvalue weighted by molar-refractivity contribution is 5.85. The van der Waals surface area contributed by atoms with Crippen molar-refractivity contribution < 1.29 is 0 Å². The van der Waals surface area contributed by atoms with Gasteiger partial charge >= 0.3 is 0 Å². The average Bonchev–Trinajstić information content (AvgIpc) is 2.97. The summed E-state index contributed by atoms with van der Waals surface area (Å²) in [4.78, 5) is 3.36. The van der Waals surface area contributed by atoms with Gasteiger partial charge in [0.25, 0.3) is 0 Å². The Labute approximate surface area is 124 Å². The molecular formula is C19H16N2. The number of hydrogen-bond donors (Lipinski definition) is 1. The fourth-order valence-electron chi connectivity index (χ4n) is 3.58. The number of nitrogens with one attached hydrogen (secondary N) is 1. The van der Waals surface area contributed by atoms with Crippen molar-refractivity contribution in [3.05, 3.63) is 70.9 Å². The summed E-state index contributed by atoms with van der Waals surface area (Å²) in [5.74, 6) is 0.442. The highest BCUT2D eigenvalue weighted by atomic mass is 14.7. The predicted molar refractivity (Wildman–Crippen MR) is 84.2 cm³/mol. The summed E-state index contributed by atoms with van der Waals surface area (Å²) in [6.45, 7) is 0. The molecule has 2 heteroatoms. The number of nitriles is 1. The van der Waals surface area contributed by atoms with Crippen LogP contribution in [-0.4, -0.2) is 4.98 Å². The monoisotopic (exact) mass is 272 g/mol. The van der Waals surface area contributed by atoms with E-state index in [4.69, 9.17) is 5.26 Å². The lowest BCUT2D eigenvalue weighted by atomic mass is 9.79. The second kappa shape index (κ2) is 4.79. The van der Waals surface area contributed by atoms with E-state index in [1.165, 1.54) is 41.3 Å². The fraction of sp³-hybridized carbons (Fsp3) is 0.211. The quantitative estimate of drug-likeness (QED) is 0.695. The summed E-state index contributed by atoms with van der Waals surface area (Å²) in [7, 11) is 0. The van der Waals surface area contributed by atoms with Crippen LogP contribution in [0, 0.1) is 11.3 Å². The Bertz CT molecular complexity index is 851. The van der Waals surface area contributed by atoms with E-state index in [1.807, 2.05) is 18.2 Å². The average molecular weight is 272 g/mol. The Morgan fingerprint density at radius 2 is 2.00 bits per heavy atom. The van der Waals surface area contributed by atoms with Gasteiger partial charge in [0.1, 0.15) is 0 Å². The number of H-pyrrole nitrogens is 1. The topological polar surface area (TPSA) is 39.6 Å². The van der Waals surface area contributed by atoms with Gasteiger partial charge in [-0.15, -0.1) is 0 Å². The standard InChI is InChI=1S/C19H16N2/c20-11-13-8-9-19-17(10-13)18(12-21-19)16-7-3-5-14-4-1-2-6-15(14)16/h1-2,4,6,8-10,12,16,21H,3,5,7H2. The first-order valence-electron chi connectivity index (χ1n) is 7.46. The van der Waals surface area contributed by atoms with Gasteiger partial charge in [-0.25, -0.2) is 0 Å². The number of rotatable bonds is 1. The molecule has 102 valence electrons. The molecule has 3 aromatic rings. The van der Waals surface area contributed by atoms with Gasteiger partial charge in [-0.05, 0) is 54.2 Å². The molecule has 0 saturated heterocycles. The van der Waals surface area contributed by atoms with E-state index in [9.17, 15) is 0 Å². The van der Waals surface area contributed by atoms with Crippen LogP contribution >= 0.6 is 0 Å². The molecule has 1 atom stereocenters. The zero-order valence-corrected chi connectivity index (χ0v) is 11.8. The van der Waals surface area contributed by atoms with Crippen LogP contribution in [0.3, 0.4) is 0 Å². The Balaban J connectivity index is 1.90. The van der Waals surface area contributed by atoms with Gasteiger partial charge in [0.05, 0.1) is 11.6 Å². The van der Waals surface area contributed by atoms with E-state index < -0.39 is 0 Å². The molecular weight excluding hydrogens is 256 g/mol. The first-order chi connectivity index (χ1) is 10.4. The van der Waals surface area contributed by atoms with Crippen LogP contribution in [0.5, 0.6) is 0 Å². The first-order valence-corrected chi connectivity index (χ1v) is 7.46. The summed E-state index contributed by atoms with van der Waals surface area (Å²) in [5, 5.41) is 10.3. The number of benzene rings is 2. The van der Waals surface area contributed by atoms with E-state index in [2.05, 4.69) is 41.5 Å². The van der Waals surface area contributed by atoms with Gasteiger partial charge in [-0.1, -0.05) is 24.3 Å². The van der Waals surface area contributed by atoms with Crippen molar-refractivity contribution >= 4 is 10.9 Å². The van der Waals surface area contributed by atoms with Gasteiger partial charge in [0, 0.05) is 23.0 Å². The lowest BCUT2D eigenvalue weighted by Crippen LogP contribution is -2.10. The van der Waals surface area contributed by atoms with Crippen molar-refractivity contribution in [2.45, 2.75) is 25.2 Å². The van der Waals surface area contributed by atoms with E-state index in [1.54, 1.807) is 0 Å². The zero-order chi connectivity index (χ0) is 14.2. The normalized spacial score (nSPS) is 17.4. The van der Waals surface area contributed by atoms with E-state index in [0.717, 1.165) is 11.1 Å². The van der Waals surface area contributed by atoms with Crippen LogP contribution in [0.1, 0.15) is 41.0 Å². The summed E-state index contributed by atoms with van der Waals surface area (Å²) in [6, 6.07) is 16.9. The number of aromatic nitrogens is 1. The number of aryl methyl sites for hydroxylation is 1. The third-order valence-corrected chi connectivity index (χ3v) is 4.59. The third kappa shape index (κ3) is 1.94. The van der Waals surface area contributed by atoms with Gasteiger partial charge in [-0.3, -0.25) is 0 Å². The molecule has 0 radical (unpaired) electrons. The maximum Gasteiger partial charge on any atom is 0.0991 e. The molecule has 1 aliphatic carbocycles. The molecule has 0 aliphatic heterocycles. The van der Waals surface area contributed by atoms with Crippen LogP contribution in [0.2, 0.25) is 0 Å². The molecule has 21 heavy (non-hydrogen) atoms. The third-order valence-electron chi connectivity index (χ3n) is 4.59. The van der Waals surface area contributed by atoms with Crippen molar-refractivity contribution in [1.29, 1.82) is 5.26 Å². The van der Waals surface area contributed by atoms with Gasteiger partial charge in [-0.2, -0.15) is 5.26 Å². The molecule has 1 heterocycles. The lowest BCUT2D eigenvalue weighted by Gasteiger charge is -2.25. The minimum absolute atomic E-state index is 0.442. The van der Waals surface area contributed by atoms with Crippen LogP contribution in [0.15, 0.2) is 48.7 Å². The molecule has 1 unspecified atom stereocenters. The number of hydrogen-bond acceptors (Lipinski definition) is 1. The number of nitrogens with zero attached hydrogens (tertiary/aromatic N) is 1. The van der Waals surface area contributed by atoms with Crippen LogP contribution < -0.4 is 0 Å². The van der Waals surface area contributed by atoms with Crippen LogP contribution in [0.4, 0.5) is 0 Å². The number of aromatic amines is 1. The zero-order valence-electron chi connectivity index (χ0n) is 11.8. The molecule has 1 aromatic heterocycles. The fourth-order valence-corrected chi connectivity index (χ4v) is 3.58. The minimum Gasteiger partial charge on any atom is -0.361 e. The Hall–Kier alpha value is -2.53. The van der Waals surface area contributed by atoms with Crippen LogP contribution in [-0.2, 0) is 6.42 Å². The molecule has 0 saturated carbocycles. The molecule has 2 aromatic carbocycles. The minimum atomic E-state index is 0.442. The van der Waals surface area contributed by atoms with Gasteiger partial charge < -0.3 is 4.98 Å². The first kappa shape index (κ1) is 12.2. The maximum atomic E-state index is 9.13. The van der Waals surface area contributed by atoms with E-state index >= 15 is 0 Å². The van der Waals surface area contributed by atoms with E-state index in [0.29, 0.717) is 5.92 Å². The van der Waals surface area contributed by atoms with Gasteiger partial charge in [0.15, 0.2) is 0 Å². The molecule has 0 amide bonds. The van der Waals surface area contributed by atoms with Gasteiger partial charge in [0.2, 0.25) is 0 Å². The summed E-state index contributed by atoms with van der Waals surface area (Å²) < 4.78 is 0. The van der Waals surface area contributed by atoms with Crippen LogP contribution in [0.25, 0.3) is 10.9 Å². The molecule has 1 aliphatic rings. The van der Waals surface area contributed by atoms with Crippen molar-refractivity contribution in [3.8, 4) is 6.07 Å². The second-order valence-corrected chi connectivity index (χ2v) is 5.76. The molecule has 1 N–H and O–H groups in total. The Morgan fingerprint density at radius 1 is 1.10 bits per heavy atom. The summed E-state index contributed by atoms with van der Waals surface area (Å²) in [5.41, 5.74) is 6.10. The molecule has 4 rings (SSSR count). The smallest absolute Gasteiger partial charge is 0.0991 e. The lowest BCUT2D eigenvalue weighted by molar-refractivity contribution is 0.619. The van der Waals surface area contributed by atoms with Crippen molar-refractivity contribution in [2.24, 2.45) is 0 Å². The Morgan fingerprint density at radius 3 is 2.90 bits per heavy atom. The maximum absolute atomic E-state index is 9.13. The predicted octanol–water partition coefficient (Wildman–Crippen LogP) is 4.51. The molecule has 2 nitrogen and oxygen atoms in total. The van der Waals surface area contributed by atoms with Crippen molar-refractivity contribution in [2.75, 3.05) is 0 Å². The second-order valence-electron chi connectivity index (χ2n) is 5.76. The molecule has 0 fully saturated rings. The highest BCUT2D eigenvalue weighted by Gasteiger charge is 2.23. The molecule has 0 spiro atoms. The Kier molecular flexibility index (Phi) is 2.79. The summed E-state index contributed by atoms with van der Waals surface area (Å²) in [6.07, 6.45) is 5.71. The molecule has 0 bridgehead atoms. The summed E-state index contributed by atoms with van der Waals surface area (Å²) >= 11 is 0. The number of fused-ring (bicyclic) bond motifs is 2. The SMILES string of the molecule is N#Cc1ccc2[nH]cc(C3CCCc4ccccc43)c2c1. The van der Waals surface area contributed by atoms with E-state index in [-0.39, 0.29) is 0 Å². The largest absolute Gasteiger partial charge is 0.361 e. The van der Waals surface area contributed by atoms with Crippen molar-refractivity contribution in [1.82, 2.24) is 4.98 Å². The van der Waals surface area contributed by atoms with Crippen molar-refractivity contribution in [3.63, 3.8) is 0 Å².